The summed E-state index contributed by atoms with van der Waals surface area (Å²) in [7, 11) is 0. The van der Waals surface area contributed by atoms with Crippen LogP contribution in [0.4, 0.5) is 0 Å². The molecular formula is C15H21NO. The maximum absolute atomic E-state index is 5.33. The minimum atomic E-state index is 0.422. The van der Waals surface area contributed by atoms with Gasteiger partial charge in [-0.15, -0.1) is 0 Å². The van der Waals surface area contributed by atoms with Crippen LogP contribution in [0.3, 0.4) is 0 Å². The zero-order valence-corrected chi connectivity index (χ0v) is 10.6. The minimum Gasteiger partial charge on any atom is -0.380 e. The summed E-state index contributed by atoms with van der Waals surface area (Å²) in [4.78, 5) is 2.61. The maximum atomic E-state index is 5.33. The monoisotopic (exact) mass is 231 g/mol. The van der Waals surface area contributed by atoms with Crippen LogP contribution < -0.4 is 0 Å². The van der Waals surface area contributed by atoms with Crippen molar-refractivity contribution in [1.29, 1.82) is 0 Å². The fourth-order valence-electron chi connectivity index (χ4n) is 3.06. The normalized spacial score (nSPS) is 27.9. The summed E-state index contributed by atoms with van der Waals surface area (Å²) in [6.45, 7) is 7.90. The topological polar surface area (TPSA) is 12.5 Å². The molecule has 2 aliphatic rings. The van der Waals surface area contributed by atoms with Crippen molar-refractivity contribution in [2.45, 2.75) is 19.3 Å². The average Bonchev–Trinajstić information content (AvgIpc) is 2.77. The quantitative estimate of drug-likeness (QED) is 0.792. The first kappa shape index (κ1) is 11.2. The van der Waals surface area contributed by atoms with E-state index < -0.39 is 0 Å². The lowest BCUT2D eigenvalue weighted by molar-refractivity contribution is -0.113. The number of likely N-dealkylation sites (tertiary alicyclic amines) is 1. The van der Waals surface area contributed by atoms with Gasteiger partial charge in [-0.2, -0.15) is 0 Å². The number of nitrogens with zero attached hydrogens (tertiary/aromatic N) is 1. The maximum Gasteiger partial charge on any atom is 0.0554 e. The van der Waals surface area contributed by atoms with Gasteiger partial charge in [0.05, 0.1) is 13.2 Å². The summed E-state index contributed by atoms with van der Waals surface area (Å²) in [6, 6.07) is 10.9. The van der Waals surface area contributed by atoms with Crippen molar-refractivity contribution < 1.29 is 4.74 Å². The predicted molar refractivity (Wildman–Crippen MR) is 69.2 cm³/mol. The second kappa shape index (κ2) is 4.43. The molecule has 0 N–H and O–H groups in total. The summed E-state index contributed by atoms with van der Waals surface area (Å²) >= 11 is 0. The van der Waals surface area contributed by atoms with Crippen LogP contribution in [0.25, 0.3) is 0 Å². The van der Waals surface area contributed by atoms with Gasteiger partial charge in [-0.3, -0.25) is 0 Å². The van der Waals surface area contributed by atoms with Crippen molar-refractivity contribution in [1.82, 2.24) is 4.90 Å². The molecule has 1 aromatic carbocycles. The second-order valence-electron chi connectivity index (χ2n) is 5.93. The molecule has 3 rings (SSSR count). The van der Waals surface area contributed by atoms with Crippen molar-refractivity contribution in [2.75, 3.05) is 32.8 Å². The molecular weight excluding hydrogens is 210 g/mol. The third-order valence-corrected chi connectivity index (χ3v) is 4.05. The van der Waals surface area contributed by atoms with E-state index in [0.717, 1.165) is 19.1 Å². The van der Waals surface area contributed by atoms with Crippen molar-refractivity contribution in [2.24, 2.45) is 5.41 Å². The highest BCUT2D eigenvalue weighted by Crippen LogP contribution is 2.32. The number of rotatable bonds is 3. The number of ether oxygens (including phenoxy) is 1. The summed E-state index contributed by atoms with van der Waals surface area (Å²) in [6.07, 6.45) is 1.31. The SMILES string of the molecule is CC1(CN2CCC(c3ccccc3)C2)COC1. The average molecular weight is 231 g/mol. The highest BCUT2D eigenvalue weighted by molar-refractivity contribution is 5.21. The zero-order valence-electron chi connectivity index (χ0n) is 10.6. The van der Waals surface area contributed by atoms with Crippen LogP contribution in [0.5, 0.6) is 0 Å². The first-order valence-corrected chi connectivity index (χ1v) is 6.60. The zero-order chi connectivity index (χ0) is 11.7. The van der Waals surface area contributed by atoms with Crippen LogP contribution in [-0.4, -0.2) is 37.7 Å². The van der Waals surface area contributed by atoms with Gasteiger partial charge in [0.15, 0.2) is 0 Å². The van der Waals surface area contributed by atoms with E-state index in [1.165, 1.54) is 31.6 Å². The van der Waals surface area contributed by atoms with E-state index in [9.17, 15) is 0 Å². The van der Waals surface area contributed by atoms with Gasteiger partial charge in [-0.05, 0) is 24.4 Å². The number of benzene rings is 1. The molecule has 1 atom stereocenters. The third-order valence-electron chi connectivity index (χ3n) is 4.05. The van der Waals surface area contributed by atoms with Gasteiger partial charge >= 0.3 is 0 Å². The summed E-state index contributed by atoms with van der Waals surface area (Å²) < 4.78 is 5.33. The van der Waals surface area contributed by atoms with Crippen LogP contribution in [0.15, 0.2) is 30.3 Å². The summed E-state index contributed by atoms with van der Waals surface area (Å²) in [5.74, 6) is 0.737. The minimum absolute atomic E-state index is 0.422. The predicted octanol–water partition coefficient (Wildman–Crippen LogP) is 2.51. The molecule has 0 radical (unpaired) electrons. The van der Waals surface area contributed by atoms with Crippen LogP contribution >= 0.6 is 0 Å². The molecule has 17 heavy (non-hydrogen) atoms. The first-order valence-electron chi connectivity index (χ1n) is 6.60. The van der Waals surface area contributed by atoms with Crippen molar-refractivity contribution in [3.05, 3.63) is 35.9 Å². The van der Waals surface area contributed by atoms with E-state index in [0.29, 0.717) is 5.41 Å². The molecule has 2 saturated heterocycles. The molecule has 1 aromatic rings. The molecule has 0 bridgehead atoms. The smallest absolute Gasteiger partial charge is 0.0554 e. The van der Waals surface area contributed by atoms with Crippen LogP contribution in [0, 0.1) is 5.41 Å². The molecule has 2 heteroatoms. The lowest BCUT2D eigenvalue weighted by Gasteiger charge is -2.40. The van der Waals surface area contributed by atoms with Crippen LogP contribution in [0.2, 0.25) is 0 Å². The molecule has 92 valence electrons. The second-order valence-corrected chi connectivity index (χ2v) is 5.93. The molecule has 0 saturated carbocycles. The first-order chi connectivity index (χ1) is 8.25. The Morgan fingerprint density at radius 1 is 1.29 bits per heavy atom. The molecule has 2 heterocycles. The van der Waals surface area contributed by atoms with Crippen LogP contribution in [0.1, 0.15) is 24.8 Å². The molecule has 0 spiro atoms. The fraction of sp³-hybridized carbons (Fsp3) is 0.600. The Balaban J connectivity index is 1.58. The lowest BCUT2D eigenvalue weighted by atomic mass is 9.88. The highest BCUT2D eigenvalue weighted by atomic mass is 16.5. The third kappa shape index (κ3) is 2.38. The molecule has 2 aliphatic heterocycles. The number of hydrogen-bond donors (Lipinski definition) is 0. The van der Waals surface area contributed by atoms with Crippen molar-refractivity contribution >= 4 is 0 Å². The molecule has 2 nitrogen and oxygen atoms in total. The Morgan fingerprint density at radius 2 is 2.06 bits per heavy atom. The van der Waals surface area contributed by atoms with Gasteiger partial charge in [-0.25, -0.2) is 0 Å². The van der Waals surface area contributed by atoms with Gasteiger partial charge in [0.1, 0.15) is 0 Å². The van der Waals surface area contributed by atoms with Crippen LogP contribution in [-0.2, 0) is 4.74 Å². The highest BCUT2D eigenvalue weighted by Gasteiger charge is 2.37. The molecule has 1 unspecified atom stereocenters. The van der Waals surface area contributed by atoms with Crippen molar-refractivity contribution in [3.8, 4) is 0 Å². The molecule has 0 aromatic heterocycles. The number of hydrogen-bond acceptors (Lipinski definition) is 2. The molecule has 2 fully saturated rings. The Labute approximate surface area is 104 Å². The Bertz CT molecular complexity index is 372. The lowest BCUT2D eigenvalue weighted by Crippen LogP contribution is -2.48. The van der Waals surface area contributed by atoms with Gasteiger partial charge in [0, 0.05) is 18.5 Å². The van der Waals surface area contributed by atoms with E-state index in [1.807, 2.05) is 0 Å². The van der Waals surface area contributed by atoms with E-state index in [2.05, 4.69) is 42.2 Å². The van der Waals surface area contributed by atoms with Gasteiger partial charge in [-0.1, -0.05) is 37.3 Å². The van der Waals surface area contributed by atoms with Gasteiger partial charge < -0.3 is 9.64 Å². The standard InChI is InChI=1S/C15H21NO/c1-15(11-17-12-15)10-16-8-7-14(9-16)13-5-3-2-4-6-13/h2-6,14H,7-12H2,1H3. The summed E-state index contributed by atoms with van der Waals surface area (Å²) in [5.41, 5.74) is 1.93. The van der Waals surface area contributed by atoms with E-state index in [-0.39, 0.29) is 0 Å². The Morgan fingerprint density at radius 3 is 2.71 bits per heavy atom. The fourth-order valence-corrected chi connectivity index (χ4v) is 3.06. The van der Waals surface area contributed by atoms with E-state index >= 15 is 0 Å². The molecule has 0 aliphatic carbocycles. The van der Waals surface area contributed by atoms with Gasteiger partial charge in [0.2, 0.25) is 0 Å². The Kier molecular flexibility index (Phi) is 2.93. The molecule has 0 amide bonds. The van der Waals surface area contributed by atoms with E-state index in [4.69, 9.17) is 4.74 Å². The van der Waals surface area contributed by atoms with Crippen molar-refractivity contribution in [3.63, 3.8) is 0 Å². The summed E-state index contributed by atoms with van der Waals surface area (Å²) in [5, 5.41) is 0. The van der Waals surface area contributed by atoms with Gasteiger partial charge in [0.25, 0.3) is 0 Å². The largest absolute Gasteiger partial charge is 0.380 e. The van der Waals surface area contributed by atoms with E-state index in [1.54, 1.807) is 0 Å². The Hall–Kier alpha value is -0.860.